The number of hydrogen-bond donors (Lipinski definition) is 5. The number of aromatic hydroxyl groups is 1. The van der Waals surface area contributed by atoms with E-state index >= 15 is 4.79 Å². The highest BCUT2D eigenvalue weighted by Gasteiger charge is 2.78. The molecule has 6 aliphatic carbocycles. The summed E-state index contributed by atoms with van der Waals surface area (Å²) in [6.45, 7) is 20.6. The molecule has 4 bridgehead atoms. The summed E-state index contributed by atoms with van der Waals surface area (Å²) in [6.07, 6.45) is 4.35. The predicted molar refractivity (Wildman–Crippen MR) is 198 cm³/mol. The highest BCUT2D eigenvalue weighted by Crippen LogP contribution is 2.79. The Bertz CT molecular complexity index is 1660. The van der Waals surface area contributed by atoms with Crippen LogP contribution in [0.2, 0.25) is 0 Å². The number of ketones is 2. The number of phenolic OH excluding ortho intramolecular Hbond substituents is 1. The monoisotopic (exact) mass is 704 g/mol. The van der Waals surface area contributed by atoms with Crippen molar-refractivity contribution in [3.8, 4) is 5.75 Å². The third kappa shape index (κ3) is 5.16. The molecule has 8 heteroatoms. The minimum Gasteiger partial charge on any atom is -0.508 e. The van der Waals surface area contributed by atoms with Gasteiger partial charge in [-0.05, 0) is 130 Å². The van der Waals surface area contributed by atoms with Crippen molar-refractivity contribution in [1.82, 2.24) is 10.6 Å². The second kappa shape index (κ2) is 11.7. The molecule has 8 rings (SSSR count). The van der Waals surface area contributed by atoms with Gasteiger partial charge < -0.3 is 30.7 Å². The van der Waals surface area contributed by atoms with Gasteiger partial charge in [0.1, 0.15) is 17.6 Å². The molecule has 5 N–H and O–H groups in total. The maximum atomic E-state index is 15.3. The molecule has 282 valence electrons. The van der Waals surface area contributed by atoms with Crippen LogP contribution in [0, 0.1) is 39.4 Å². The number of benzene rings is 1. The lowest BCUT2D eigenvalue weighted by Gasteiger charge is -2.73. The Morgan fingerprint density at radius 1 is 0.980 bits per heavy atom. The fourth-order valence-electron chi connectivity index (χ4n) is 14.2. The van der Waals surface area contributed by atoms with Gasteiger partial charge in [-0.1, -0.05) is 53.2 Å². The number of phenols is 1. The normalized spacial score (nSPS) is 42.2. The van der Waals surface area contributed by atoms with Crippen molar-refractivity contribution < 1.29 is 29.6 Å². The van der Waals surface area contributed by atoms with E-state index in [-0.39, 0.29) is 63.0 Å². The largest absolute Gasteiger partial charge is 0.508 e. The molecule has 1 unspecified atom stereocenters. The number of Topliss-reactive ketones (excluding diaryl/α,β-unsaturated/α-hetero) is 2. The van der Waals surface area contributed by atoms with Crippen LogP contribution in [0.3, 0.4) is 0 Å². The number of β-amino-alcohol motifs (C(OH)–C–C–N with tert-alkyl or cyclic N) is 1. The van der Waals surface area contributed by atoms with Crippen molar-refractivity contribution in [3.05, 3.63) is 40.5 Å². The highest BCUT2D eigenvalue weighted by molar-refractivity contribution is 6.01. The molecule has 11 atom stereocenters. The second-order valence-electron chi connectivity index (χ2n) is 19.9. The Labute approximate surface area is 305 Å². The number of epoxide rings is 1. The van der Waals surface area contributed by atoms with E-state index in [1.807, 2.05) is 33.9 Å². The summed E-state index contributed by atoms with van der Waals surface area (Å²) < 4.78 is 5.78. The van der Waals surface area contributed by atoms with Gasteiger partial charge in [-0.25, -0.2) is 0 Å². The minimum atomic E-state index is -0.771. The standard InChI is InChI=1S/C43H64N2O6/c1-24(15-30(48)34-38(5,6)51-34)33-29-11-12-32-39(7)22-42(27-16-26(21-44-10)17-28(47)18-27)13-14-43(45-20-25(2)46,35(39)37(3,4)36(42)50)23-41(32,9)40(29,8)19-31(33)49/h16-18,24-25,30,32,34-35,44-48H,11-15,19-23H2,1-10H3/t24-,25+,30-,32?,34+,35+,39-,40+,41+,42-,43+/m1/s1. The van der Waals surface area contributed by atoms with Crippen LogP contribution in [0.4, 0.5) is 0 Å². The fourth-order valence-corrected chi connectivity index (χ4v) is 14.2. The molecule has 8 nitrogen and oxygen atoms in total. The first-order valence-corrected chi connectivity index (χ1v) is 19.7. The number of allylic oxidation sites excluding steroid dienone is 2. The molecule has 7 aliphatic rings. The van der Waals surface area contributed by atoms with Crippen LogP contribution in [0.25, 0.3) is 0 Å². The van der Waals surface area contributed by atoms with Crippen LogP contribution in [-0.2, 0) is 26.3 Å². The van der Waals surface area contributed by atoms with Gasteiger partial charge in [0.05, 0.1) is 23.2 Å². The Kier molecular flexibility index (Phi) is 8.54. The number of ether oxygens (including phenoxy) is 1. The first-order chi connectivity index (χ1) is 23.6. The highest BCUT2D eigenvalue weighted by atomic mass is 16.6. The zero-order chi connectivity index (χ0) is 37.3. The summed E-state index contributed by atoms with van der Waals surface area (Å²) in [4.78, 5) is 29.6. The van der Waals surface area contributed by atoms with Crippen LogP contribution in [0.15, 0.2) is 29.3 Å². The number of carbonyl (C=O) groups is 2. The summed E-state index contributed by atoms with van der Waals surface area (Å²) in [5, 5.41) is 40.1. The smallest absolute Gasteiger partial charge is 0.159 e. The third-order valence-electron chi connectivity index (χ3n) is 15.8. The zero-order valence-electron chi connectivity index (χ0n) is 32.8. The third-order valence-corrected chi connectivity index (χ3v) is 15.8. The van der Waals surface area contributed by atoms with E-state index in [4.69, 9.17) is 4.74 Å². The molecule has 1 aromatic rings. The first-order valence-electron chi connectivity index (χ1n) is 19.7. The molecule has 1 aromatic carbocycles. The van der Waals surface area contributed by atoms with Gasteiger partial charge >= 0.3 is 0 Å². The minimum absolute atomic E-state index is 0.0215. The molecule has 51 heavy (non-hydrogen) atoms. The maximum Gasteiger partial charge on any atom is 0.159 e. The topological polar surface area (TPSA) is 131 Å². The van der Waals surface area contributed by atoms with Crippen molar-refractivity contribution in [3.63, 3.8) is 0 Å². The van der Waals surface area contributed by atoms with Gasteiger partial charge in [0.2, 0.25) is 0 Å². The number of aliphatic hydroxyl groups excluding tert-OH is 2. The maximum absolute atomic E-state index is 15.3. The van der Waals surface area contributed by atoms with Crippen LogP contribution >= 0.6 is 0 Å². The number of fused-ring (bicyclic) bond motifs is 5. The average molecular weight is 705 g/mol. The van der Waals surface area contributed by atoms with Gasteiger partial charge in [-0.2, -0.15) is 0 Å². The average Bonchev–Trinajstić information content (AvgIpc) is 3.61. The molecular weight excluding hydrogens is 640 g/mol. The first kappa shape index (κ1) is 37.2. The van der Waals surface area contributed by atoms with E-state index in [1.165, 1.54) is 5.57 Å². The lowest BCUT2D eigenvalue weighted by Crippen LogP contribution is -2.74. The summed E-state index contributed by atoms with van der Waals surface area (Å²) in [7, 11) is 1.90. The fraction of sp³-hybridized carbons (Fsp3) is 0.767. The Hall–Kier alpha value is -2.10. The number of hydrogen-bond acceptors (Lipinski definition) is 8. The van der Waals surface area contributed by atoms with Crippen molar-refractivity contribution >= 4 is 11.6 Å². The quantitative estimate of drug-likeness (QED) is 0.184. The van der Waals surface area contributed by atoms with Crippen molar-refractivity contribution in [2.75, 3.05) is 13.6 Å². The van der Waals surface area contributed by atoms with E-state index in [9.17, 15) is 20.1 Å². The molecule has 5 saturated carbocycles. The predicted octanol–water partition coefficient (Wildman–Crippen LogP) is 6.13. The summed E-state index contributed by atoms with van der Waals surface area (Å²) in [5.41, 5.74) is 0.966. The van der Waals surface area contributed by atoms with Crippen molar-refractivity contribution in [2.45, 2.75) is 155 Å². The van der Waals surface area contributed by atoms with E-state index in [1.54, 1.807) is 6.07 Å². The van der Waals surface area contributed by atoms with Crippen LogP contribution in [0.5, 0.6) is 5.75 Å². The molecule has 6 fully saturated rings. The van der Waals surface area contributed by atoms with Gasteiger partial charge in [-0.15, -0.1) is 0 Å². The summed E-state index contributed by atoms with van der Waals surface area (Å²) in [6, 6.07) is 5.78. The van der Waals surface area contributed by atoms with E-state index in [2.05, 4.69) is 58.2 Å². The number of aliphatic hydroxyl groups is 2. The molecule has 1 aliphatic heterocycles. The molecule has 0 spiro atoms. The van der Waals surface area contributed by atoms with Crippen molar-refractivity contribution in [1.29, 1.82) is 0 Å². The number of carbonyl (C=O) groups excluding carboxylic acids is 2. The molecule has 0 radical (unpaired) electrons. The Morgan fingerprint density at radius 3 is 2.29 bits per heavy atom. The van der Waals surface area contributed by atoms with Gasteiger partial charge in [0.25, 0.3) is 0 Å². The van der Waals surface area contributed by atoms with Crippen LogP contribution in [0.1, 0.15) is 125 Å². The van der Waals surface area contributed by atoms with Crippen LogP contribution in [-0.4, -0.2) is 69.9 Å². The van der Waals surface area contributed by atoms with Crippen molar-refractivity contribution in [2.24, 2.45) is 39.4 Å². The Balaban J connectivity index is 1.37. The molecule has 0 amide bonds. The number of rotatable bonds is 10. The SMILES string of the molecule is CNCc1cc(O)cc([C@@]23CC[C@]4(NC[C@H](C)O)C[C@@]5(C)C(CCC6=C([C@H](C)C[C@@H](O)[C@@H]7OC7(C)C)C(=O)C[C@@]65C)[C@@](C)(C2)[C@@H]4C(C)(C)C3=O)c1. The van der Waals surface area contributed by atoms with E-state index < -0.39 is 28.6 Å². The van der Waals surface area contributed by atoms with E-state index in [0.717, 1.165) is 42.4 Å². The lowest BCUT2D eigenvalue weighted by atomic mass is 9.32. The summed E-state index contributed by atoms with van der Waals surface area (Å²) in [5.74, 6) is 0.878. The van der Waals surface area contributed by atoms with E-state index in [0.29, 0.717) is 38.8 Å². The number of nitrogens with one attached hydrogen (secondary N) is 2. The van der Waals surface area contributed by atoms with Gasteiger partial charge in [0, 0.05) is 35.9 Å². The molecule has 1 heterocycles. The van der Waals surface area contributed by atoms with Gasteiger partial charge in [-0.3, -0.25) is 9.59 Å². The summed E-state index contributed by atoms with van der Waals surface area (Å²) >= 11 is 0. The Morgan fingerprint density at radius 2 is 1.67 bits per heavy atom. The van der Waals surface area contributed by atoms with Crippen LogP contribution < -0.4 is 10.6 Å². The molecule has 0 aromatic heterocycles. The van der Waals surface area contributed by atoms with Gasteiger partial charge in [0.15, 0.2) is 5.78 Å². The lowest BCUT2D eigenvalue weighted by molar-refractivity contribution is -0.213. The molecule has 1 saturated heterocycles. The second-order valence-corrected chi connectivity index (χ2v) is 19.9. The molecular formula is C43H64N2O6. The zero-order valence-corrected chi connectivity index (χ0v) is 32.8.